The topological polar surface area (TPSA) is 138 Å². The molecular weight excluding hydrogens is 424 g/mol. The van der Waals surface area contributed by atoms with Gasteiger partial charge in [-0.05, 0) is 43.2 Å². The van der Waals surface area contributed by atoms with Crippen molar-refractivity contribution >= 4 is 22.9 Å². The Bertz CT molecular complexity index is 1420. The van der Waals surface area contributed by atoms with Crippen LogP contribution in [0.15, 0.2) is 52.6 Å². The number of hydrogen-bond donors (Lipinski definition) is 1. The molecular formula is C22H22N8O3. The van der Waals surface area contributed by atoms with Crippen LogP contribution in [-0.4, -0.2) is 53.1 Å². The average Bonchev–Trinajstić information content (AvgIpc) is 3.40. The summed E-state index contributed by atoms with van der Waals surface area (Å²) < 4.78 is 8.17. The van der Waals surface area contributed by atoms with Crippen LogP contribution in [0.3, 0.4) is 0 Å². The Kier molecular flexibility index (Phi) is 5.00. The molecule has 1 amide bonds. The molecule has 0 aliphatic carbocycles. The molecule has 3 aromatic heterocycles. The van der Waals surface area contributed by atoms with Gasteiger partial charge in [-0.15, -0.1) is 0 Å². The molecule has 1 aliphatic heterocycles. The summed E-state index contributed by atoms with van der Waals surface area (Å²) in [6.45, 7) is 6.31. The zero-order valence-electron chi connectivity index (χ0n) is 18.0. The van der Waals surface area contributed by atoms with Crippen LogP contribution in [0.25, 0.3) is 28.2 Å². The predicted molar refractivity (Wildman–Crippen MR) is 121 cm³/mol. The molecule has 0 saturated carbocycles. The standard InChI is InChI=1S/C22H22N8O3/c1-3-17(31)28-10-4-5-16(11-28)30-21-18(19(23)24-12-25-21)29(22(30)32)15-8-6-14(7-9-15)20-26-13(2)33-27-20/h3,6-9,12,16H,1,4-5,10-11H2,2H3,(H2,23,24,25)/t16-/m1/s1. The van der Waals surface area contributed by atoms with E-state index in [0.29, 0.717) is 41.7 Å². The van der Waals surface area contributed by atoms with Crippen molar-refractivity contribution in [1.82, 2.24) is 34.1 Å². The normalized spacial score (nSPS) is 16.3. The number of hydrogen-bond acceptors (Lipinski definition) is 8. The van der Waals surface area contributed by atoms with Crippen LogP contribution in [-0.2, 0) is 4.79 Å². The molecule has 1 aromatic carbocycles. The second kappa shape index (κ2) is 8.01. The predicted octanol–water partition coefficient (Wildman–Crippen LogP) is 1.87. The van der Waals surface area contributed by atoms with Gasteiger partial charge in [-0.1, -0.05) is 11.7 Å². The molecule has 33 heavy (non-hydrogen) atoms. The molecule has 4 heterocycles. The Morgan fingerprint density at radius 3 is 2.76 bits per heavy atom. The maximum Gasteiger partial charge on any atom is 0.335 e. The quantitative estimate of drug-likeness (QED) is 0.469. The van der Waals surface area contributed by atoms with Gasteiger partial charge < -0.3 is 15.2 Å². The Morgan fingerprint density at radius 2 is 2.06 bits per heavy atom. The van der Waals surface area contributed by atoms with E-state index < -0.39 is 0 Å². The zero-order valence-corrected chi connectivity index (χ0v) is 18.0. The van der Waals surface area contributed by atoms with Crippen molar-refractivity contribution in [3.63, 3.8) is 0 Å². The smallest absolute Gasteiger partial charge is 0.335 e. The lowest BCUT2D eigenvalue weighted by molar-refractivity contribution is -0.127. The summed E-state index contributed by atoms with van der Waals surface area (Å²) in [5.41, 5.74) is 8.11. The highest BCUT2D eigenvalue weighted by molar-refractivity contribution is 5.87. The lowest BCUT2D eigenvalue weighted by Gasteiger charge is -2.32. The van der Waals surface area contributed by atoms with Crippen molar-refractivity contribution in [2.24, 2.45) is 0 Å². The minimum atomic E-state index is -0.293. The number of nitrogen functional groups attached to an aromatic ring is 1. The van der Waals surface area contributed by atoms with E-state index in [9.17, 15) is 9.59 Å². The summed E-state index contributed by atoms with van der Waals surface area (Å²) in [5, 5.41) is 3.93. The van der Waals surface area contributed by atoms with Gasteiger partial charge in [0.15, 0.2) is 11.5 Å². The van der Waals surface area contributed by atoms with Gasteiger partial charge in [0, 0.05) is 25.6 Å². The zero-order chi connectivity index (χ0) is 23.1. The fourth-order valence-electron chi connectivity index (χ4n) is 4.31. The molecule has 4 aromatic rings. The van der Waals surface area contributed by atoms with E-state index in [4.69, 9.17) is 10.3 Å². The van der Waals surface area contributed by atoms with Crippen LogP contribution in [0.4, 0.5) is 5.82 Å². The van der Waals surface area contributed by atoms with Crippen LogP contribution in [0, 0.1) is 6.92 Å². The van der Waals surface area contributed by atoms with E-state index in [1.807, 2.05) is 0 Å². The first kappa shape index (κ1) is 20.6. The summed E-state index contributed by atoms with van der Waals surface area (Å²) in [6, 6.07) is 6.94. The highest BCUT2D eigenvalue weighted by atomic mass is 16.5. The summed E-state index contributed by atoms with van der Waals surface area (Å²) in [4.78, 5) is 40.3. The Balaban J connectivity index is 1.62. The van der Waals surface area contributed by atoms with Crippen LogP contribution in [0.5, 0.6) is 0 Å². The van der Waals surface area contributed by atoms with Gasteiger partial charge in [-0.25, -0.2) is 14.8 Å². The number of carbonyl (C=O) groups excluding carboxylic acids is 1. The third-order valence-electron chi connectivity index (χ3n) is 5.84. The number of aryl methyl sites for hydroxylation is 1. The Labute approximate surface area is 188 Å². The minimum absolute atomic E-state index is 0.155. The van der Waals surface area contributed by atoms with E-state index >= 15 is 0 Å². The van der Waals surface area contributed by atoms with E-state index in [1.54, 1.807) is 40.7 Å². The molecule has 5 rings (SSSR count). The number of nitrogens with two attached hydrogens (primary N) is 1. The second-order valence-electron chi connectivity index (χ2n) is 7.89. The number of amides is 1. The molecule has 0 radical (unpaired) electrons. The third-order valence-corrected chi connectivity index (χ3v) is 5.84. The van der Waals surface area contributed by atoms with E-state index in [1.165, 1.54) is 17.0 Å². The van der Waals surface area contributed by atoms with Crippen molar-refractivity contribution in [2.75, 3.05) is 18.8 Å². The number of piperidine rings is 1. The number of nitrogens with zero attached hydrogens (tertiary/aromatic N) is 7. The number of carbonyl (C=O) groups is 1. The average molecular weight is 446 g/mol. The van der Waals surface area contributed by atoms with E-state index in [2.05, 4.69) is 26.7 Å². The third kappa shape index (κ3) is 3.47. The van der Waals surface area contributed by atoms with E-state index in [-0.39, 0.29) is 23.5 Å². The Hall–Kier alpha value is -4.28. The minimum Gasteiger partial charge on any atom is -0.382 e. The largest absolute Gasteiger partial charge is 0.382 e. The molecule has 1 aliphatic rings. The molecule has 11 heteroatoms. The first-order valence-electron chi connectivity index (χ1n) is 10.5. The monoisotopic (exact) mass is 446 g/mol. The molecule has 168 valence electrons. The fraction of sp³-hybridized carbons (Fsp3) is 0.273. The first-order chi connectivity index (χ1) is 16.0. The van der Waals surface area contributed by atoms with Crippen molar-refractivity contribution in [2.45, 2.75) is 25.8 Å². The van der Waals surface area contributed by atoms with Crippen LogP contribution in [0.1, 0.15) is 24.8 Å². The highest BCUT2D eigenvalue weighted by Crippen LogP contribution is 2.28. The number of likely N-dealkylation sites (tertiary alicyclic amines) is 1. The van der Waals surface area contributed by atoms with E-state index in [0.717, 1.165) is 18.4 Å². The summed E-state index contributed by atoms with van der Waals surface area (Å²) >= 11 is 0. The number of aromatic nitrogens is 6. The molecule has 1 atom stereocenters. The molecule has 0 spiro atoms. The first-order valence-corrected chi connectivity index (χ1v) is 10.5. The van der Waals surface area contributed by atoms with Crippen LogP contribution >= 0.6 is 0 Å². The number of benzene rings is 1. The van der Waals surface area contributed by atoms with Crippen molar-refractivity contribution in [3.8, 4) is 17.1 Å². The maximum atomic E-state index is 13.7. The van der Waals surface area contributed by atoms with Gasteiger partial charge in [-0.2, -0.15) is 4.98 Å². The molecule has 0 bridgehead atoms. The lowest BCUT2D eigenvalue weighted by Crippen LogP contribution is -2.42. The van der Waals surface area contributed by atoms with Gasteiger partial charge in [0.05, 0.1) is 11.7 Å². The van der Waals surface area contributed by atoms with Gasteiger partial charge in [0.1, 0.15) is 11.8 Å². The van der Waals surface area contributed by atoms with Crippen molar-refractivity contribution < 1.29 is 9.32 Å². The summed E-state index contributed by atoms with van der Waals surface area (Å²) in [7, 11) is 0. The Morgan fingerprint density at radius 1 is 1.27 bits per heavy atom. The van der Waals surface area contributed by atoms with Gasteiger partial charge in [0.25, 0.3) is 0 Å². The van der Waals surface area contributed by atoms with Crippen molar-refractivity contribution in [1.29, 1.82) is 0 Å². The summed E-state index contributed by atoms with van der Waals surface area (Å²) in [5.74, 6) is 0.974. The fourth-order valence-corrected chi connectivity index (χ4v) is 4.31. The molecule has 0 unspecified atom stereocenters. The SMILES string of the molecule is C=CC(=O)N1CCC[C@@H](n2c(=O)n(-c3ccc(-c4noc(C)n4)cc3)c3c(N)ncnc32)C1. The number of imidazole rings is 1. The number of rotatable bonds is 4. The van der Waals surface area contributed by atoms with Crippen molar-refractivity contribution in [3.05, 3.63) is 59.6 Å². The van der Waals surface area contributed by atoms with Crippen LogP contribution in [0.2, 0.25) is 0 Å². The molecule has 1 fully saturated rings. The molecule has 11 nitrogen and oxygen atoms in total. The highest BCUT2D eigenvalue weighted by Gasteiger charge is 2.29. The second-order valence-corrected chi connectivity index (χ2v) is 7.89. The number of fused-ring (bicyclic) bond motifs is 1. The molecule has 1 saturated heterocycles. The summed E-state index contributed by atoms with van der Waals surface area (Å²) in [6.07, 6.45) is 4.14. The van der Waals surface area contributed by atoms with Crippen LogP contribution < -0.4 is 11.4 Å². The molecule has 2 N–H and O–H groups in total. The number of anilines is 1. The van der Waals surface area contributed by atoms with Gasteiger partial charge in [0.2, 0.25) is 17.6 Å². The lowest BCUT2D eigenvalue weighted by atomic mass is 10.1. The maximum absolute atomic E-state index is 13.7. The van der Waals surface area contributed by atoms with Gasteiger partial charge in [-0.3, -0.25) is 13.9 Å². The van der Waals surface area contributed by atoms with Gasteiger partial charge >= 0.3 is 5.69 Å².